The molecular weight excluding hydrogens is 146 g/mol. The van der Waals surface area contributed by atoms with E-state index in [1.165, 1.54) is 0 Å². The fourth-order valence-corrected chi connectivity index (χ4v) is 0.710. The highest BCUT2D eigenvalue weighted by atomic mass is 16.4. The Balaban J connectivity index is 2.19. The Morgan fingerprint density at radius 2 is 2.55 bits per heavy atom. The molecule has 0 saturated carbocycles. The first-order valence-electron chi connectivity index (χ1n) is 3.23. The zero-order valence-corrected chi connectivity index (χ0v) is 5.90. The molecule has 0 unspecified atom stereocenters. The predicted molar refractivity (Wildman–Crippen MR) is 38.3 cm³/mol. The average Bonchev–Trinajstić information content (AvgIpc) is 2.39. The van der Waals surface area contributed by atoms with Crippen LogP contribution in [0.4, 0.5) is 4.79 Å². The van der Waals surface area contributed by atoms with Crippen LogP contribution in [-0.2, 0) is 6.54 Å². The maximum atomic E-state index is 9.99. The second-order valence-corrected chi connectivity index (χ2v) is 2.00. The molecule has 2 N–H and O–H groups in total. The molecule has 60 valence electrons. The van der Waals surface area contributed by atoms with Crippen molar-refractivity contribution in [1.29, 1.82) is 0 Å². The lowest BCUT2D eigenvalue weighted by Crippen LogP contribution is -2.25. The van der Waals surface area contributed by atoms with E-state index in [2.05, 4.69) is 10.4 Å². The molecule has 1 amide bonds. The lowest BCUT2D eigenvalue weighted by molar-refractivity contribution is 0.194. The van der Waals surface area contributed by atoms with Crippen LogP contribution >= 0.6 is 0 Å². The zero-order valence-electron chi connectivity index (χ0n) is 5.90. The summed E-state index contributed by atoms with van der Waals surface area (Å²) in [5.41, 5.74) is 0. The Bertz CT molecular complexity index is 220. The van der Waals surface area contributed by atoms with Crippen LogP contribution in [0.5, 0.6) is 0 Å². The highest BCUT2D eigenvalue weighted by Gasteiger charge is 1.93. The van der Waals surface area contributed by atoms with Crippen molar-refractivity contribution in [1.82, 2.24) is 15.1 Å². The minimum Gasteiger partial charge on any atom is -0.465 e. The summed E-state index contributed by atoms with van der Waals surface area (Å²) in [5, 5.41) is 14.3. The second kappa shape index (κ2) is 3.60. The Morgan fingerprint density at radius 1 is 1.73 bits per heavy atom. The van der Waals surface area contributed by atoms with Gasteiger partial charge in [-0.3, -0.25) is 4.68 Å². The van der Waals surface area contributed by atoms with E-state index in [4.69, 9.17) is 5.11 Å². The highest BCUT2D eigenvalue weighted by Crippen LogP contribution is 1.81. The van der Waals surface area contributed by atoms with E-state index in [1.54, 1.807) is 23.1 Å². The third-order valence-electron chi connectivity index (χ3n) is 1.18. The van der Waals surface area contributed by atoms with Gasteiger partial charge in [-0.2, -0.15) is 5.10 Å². The van der Waals surface area contributed by atoms with Crippen LogP contribution in [0.3, 0.4) is 0 Å². The van der Waals surface area contributed by atoms with Crippen LogP contribution < -0.4 is 5.32 Å². The van der Waals surface area contributed by atoms with Crippen molar-refractivity contribution in [3.8, 4) is 0 Å². The molecule has 0 saturated heterocycles. The van der Waals surface area contributed by atoms with E-state index in [1.807, 2.05) is 0 Å². The van der Waals surface area contributed by atoms with Crippen molar-refractivity contribution >= 4 is 6.09 Å². The fourth-order valence-electron chi connectivity index (χ4n) is 0.710. The van der Waals surface area contributed by atoms with Gasteiger partial charge in [-0.1, -0.05) is 0 Å². The van der Waals surface area contributed by atoms with Crippen LogP contribution in [0.1, 0.15) is 0 Å². The Labute approximate surface area is 63.6 Å². The number of carbonyl (C=O) groups is 1. The lowest BCUT2D eigenvalue weighted by atomic mass is 10.6. The van der Waals surface area contributed by atoms with Gasteiger partial charge in [-0.25, -0.2) is 4.79 Å². The summed E-state index contributed by atoms with van der Waals surface area (Å²) in [6, 6.07) is 1.79. The topological polar surface area (TPSA) is 67.2 Å². The summed E-state index contributed by atoms with van der Waals surface area (Å²) in [5.74, 6) is 0. The zero-order chi connectivity index (χ0) is 8.10. The van der Waals surface area contributed by atoms with E-state index in [-0.39, 0.29) is 0 Å². The van der Waals surface area contributed by atoms with Crippen molar-refractivity contribution in [3.63, 3.8) is 0 Å². The van der Waals surface area contributed by atoms with Crippen LogP contribution in [0.25, 0.3) is 0 Å². The van der Waals surface area contributed by atoms with Crippen molar-refractivity contribution in [3.05, 3.63) is 18.5 Å². The molecule has 0 bridgehead atoms. The lowest BCUT2D eigenvalue weighted by Gasteiger charge is -1.99. The minimum atomic E-state index is -1.00. The van der Waals surface area contributed by atoms with Crippen LogP contribution in [-0.4, -0.2) is 27.5 Å². The van der Waals surface area contributed by atoms with Crippen molar-refractivity contribution < 1.29 is 9.90 Å². The largest absolute Gasteiger partial charge is 0.465 e. The summed E-state index contributed by atoms with van der Waals surface area (Å²) >= 11 is 0. The van der Waals surface area contributed by atoms with Crippen LogP contribution in [0.2, 0.25) is 0 Å². The number of hydrogen-bond acceptors (Lipinski definition) is 2. The average molecular weight is 155 g/mol. The van der Waals surface area contributed by atoms with Gasteiger partial charge < -0.3 is 10.4 Å². The van der Waals surface area contributed by atoms with E-state index in [9.17, 15) is 4.79 Å². The Kier molecular flexibility index (Phi) is 2.48. The number of hydrogen-bond donors (Lipinski definition) is 2. The van der Waals surface area contributed by atoms with Gasteiger partial charge in [-0.15, -0.1) is 0 Å². The standard InChI is InChI=1S/C6H9N3O2/c10-6(11)7-3-5-9-4-1-2-8-9/h1-2,4,7H,3,5H2,(H,10,11). The minimum absolute atomic E-state index is 0.386. The summed E-state index contributed by atoms with van der Waals surface area (Å²) in [6.45, 7) is 0.955. The number of nitrogens with one attached hydrogen (secondary N) is 1. The van der Waals surface area contributed by atoms with E-state index in [0.717, 1.165) is 0 Å². The number of carboxylic acid groups (broad SMARTS) is 1. The van der Waals surface area contributed by atoms with Crippen molar-refractivity contribution in [2.45, 2.75) is 6.54 Å². The molecular formula is C6H9N3O2. The van der Waals surface area contributed by atoms with Gasteiger partial charge in [0.15, 0.2) is 0 Å². The predicted octanol–water partition coefficient (Wildman–Crippen LogP) is 0.151. The molecule has 5 heteroatoms. The van der Waals surface area contributed by atoms with Gasteiger partial charge in [0.2, 0.25) is 0 Å². The molecule has 5 nitrogen and oxygen atoms in total. The molecule has 1 aromatic rings. The molecule has 0 spiro atoms. The van der Waals surface area contributed by atoms with Crippen molar-refractivity contribution in [2.75, 3.05) is 6.54 Å². The van der Waals surface area contributed by atoms with Gasteiger partial charge in [0, 0.05) is 18.9 Å². The molecule has 0 aliphatic heterocycles. The third kappa shape index (κ3) is 2.70. The maximum absolute atomic E-state index is 9.99. The molecule has 1 rings (SSSR count). The van der Waals surface area contributed by atoms with E-state index >= 15 is 0 Å². The monoisotopic (exact) mass is 155 g/mol. The fraction of sp³-hybridized carbons (Fsp3) is 0.333. The first-order chi connectivity index (χ1) is 5.29. The highest BCUT2D eigenvalue weighted by molar-refractivity contribution is 5.64. The number of amides is 1. The number of nitrogens with zero attached hydrogens (tertiary/aromatic N) is 2. The molecule has 1 aromatic heterocycles. The van der Waals surface area contributed by atoms with E-state index in [0.29, 0.717) is 13.1 Å². The summed E-state index contributed by atoms with van der Waals surface area (Å²) in [7, 11) is 0. The smallest absolute Gasteiger partial charge is 0.404 e. The first kappa shape index (κ1) is 7.59. The normalized spacial score (nSPS) is 9.45. The summed E-state index contributed by atoms with van der Waals surface area (Å²) in [4.78, 5) is 9.99. The number of aromatic nitrogens is 2. The number of rotatable bonds is 3. The molecule has 0 atom stereocenters. The maximum Gasteiger partial charge on any atom is 0.404 e. The van der Waals surface area contributed by atoms with Gasteiger partial charge in [0.1, 0.15) is 0 Å². The molecule has 0 aliphatic rings. The Hall–Kier alpha value is -1.52. The molecule has 0 aliphatic carbocycles. The van der Waals surface area contributed by atoms with E-state index < -0.39 is 6.09 Å². The van der Waals surface area contributed by atoms with Gasteiger partial charge in [0.25, 0.3) is 0 Å². The van der Waals surface area contributed by atoms with Gasteiger partial charge in [0.05, 0.1) is 6.54 Å². The Morgan fingerprint density at radius 3 is 3.09 bits per heavy atom. The first-order valence-corrected chi connectivity index (χ1v) is 3.23. The van der Waals surface area contributed by atoms with Gasteiger partial charge in [-0.05, 0) is 6.07 Å². The van der Waals surface area contributed by atoms with Crippen LogP contribution in [0, 0.1) is 0 Å². The SMILES string of the molecule is O=C(O)NCCn1cccn1. The van der Waals surface area contributed by atoms with Crippen molar-refractivity contribution in [2.24, 2.45) is 0 Å². The molecule has 0 radical (unpaired) electrons. The molecule has 1 heterocycles. The second-order valence-electron chi connectivity index (χ2n) is 2.00. The molecule has 0 aromatic carbocycles. The molecule has 11 heavy (non-hydrogen) atoms. The third-order valence-corrected chi connectivity index (χ3v) is 1.18. The van der Waals surface area contributed by atoms with Gasteiger partial charge >= 0.3 is 6.09 Å². The molecule has 0 fully saturated rings. The summed E-state index contributed by atoms with van der Waals surface area (Å²) in [6.07, 6.45) is 2.43. The quantitative estimate of drug-likeness (QED) is 0.652. The van der Waals surface area contributed by atoms with Crippen LogP contribution in [0.15, 0.2) is 18.5 Å². The summed E-state index contributed by atoms with van der Waals surface area (Å²) < 4.78 is 1.66.